The van der Waals surface area contributed by atoms with Crippen molar-refractivity contribution in [3.05, 3.63) is 0 Å². The number of rotatable bonds is 2. The molecule has 0 aliphatic carbocycles. The van der Waals surface area contributed by atoms with E-state index in [0.29, 0.717) is 0 Å². The average Bonchev–Trinajstić information content (AvgIpc) is 1.85. The van der Waals surface area contributed by atoms with Crippen LogP contribution in [0.15, 0.2) is 0 Å². The number of carboxylic acid groups (broad SMARTS) is 1. The Hall–Kier alpha value is -1.50. The van der Waals surface area contributed by atoms with E-state index in [4.69, 9.17) is 5.11 Å². The molecular weight excluding hydrogens is 136 g/mol. The van der Waals surface area contributed by atoms with Crippen molar-refractivity contribution in [2.24, 2.45) is 0 Å². The van der Waals surface area contributed by atoms with Crippen LogP contribution in [0.2, 0.25) is 0 Å². The van der Waals surface area contributed by atoms with E-state index in [1.54, 1.807) is 0 Å². The Balaban J connectivity index is 3.57. The maximum Gasteiger partial charge on any atom is 0.384 e. The molecule has 0 saturated heterocycles. The molecule has 0 aliphatic heterocycles. The highest BCUT2D eigenvalue weighted by Gasteiger charge is 2.00. The molecule has 0 atom stereocenters. The van der Waals surface area contributed by atoms with Crippen LogP contribution in [-0.2, 0) is 14.3 Å². The zero-order chi connectivity index (χ0) is 7.98. The molecule has 0 saturated carbocycles. The number of carbonyl (C=O) groups is 2. The van der Waals surface area contributed by atoms with Crippen LogP contribution in [0.25, 0.3) is 0 Å². The summed E-state index contributed by atoms with van der Waals surface area (Å²) in [5.41, 5.74) is 0. The minimum absolute atomic E-state index is 0.631. The lowest BCUT2D eigenvalue weighted by atomic mass is 10.6. The number of carboxylic acids is 1. The summed E-state index contributed by atoms with van der Waals surface area (Å²) in [6, 6.07) is 0. The van der Waals surface area contributed by atoms with E-state index in [9.17, 15) is 9.59 Å². The first-order valence-corrected chi connectivity index (χ1v) is 2.48. The number of aliphatic carboxylic acids is 1. The molecule has 0 aliphatic rings. The van der Waals surface area contributed by atoms with Gasteiger partial charge in [-0.2, -0.15) is 0 Å². The topological polar surface area (TPSA) is 63.6 Å². The van der Waals surface area contributed by atoms with Gasteiger partial charge in [-0.3, -0.25) is 0 Å². The van der Waals surface area contributed by atoms with Gasteiger partial charge in [0, 0.05) is 5.92 Å². The third-order valence-corrected chi connectivity index (χ3v) is 0.554. The van der Waals surface area contributed by atoms with Crippen molar-refractivity contribution >= 4 is 11.9 Å². The molecule has 1 N–H and O–H groups in total. The summed E-state index contributed by atoms with van der Waals surface area (Å²) in [6.45, 7) is 0.829. The Kier molecular flexibility index (Phi) is 3.73. The Labute approximate surface area is 57.8 Å². The summed E-state index contributed by atoms with van der Waals surface area (Å²) in [4.78, 5) is 20.1. The third-order valence-electron chi connectivity index (χ3n) is 0.554. The lowest BCUT2D eigenvalue weighted by Gasteiger charge is -1.92. The molecule has 4 nitrogen and oxygen atoms in total. The number of hydrogen-bond donors (Lipinski definition) is 1. The van der Waals surface area contributed by atoms with E-state index < -0.39 is 18.5 Å². The van der Waals surface area contributed by atoms with Crippen molar-refractivity contribution in [3.8, 4) is 11.8 Å². The number of hydrogen-bond acceptors (Lipinski definition) is 3. The fraction of sp³-hybridized carbons (Fsp3) is 0.333. The second-order valence-corrected chi connectivity index (χ2v) is 1.34. The van der Waals surface area contributed by atoms with Gasteiger partial charge in [0.05, 0.1) is 0 Å². The highest BCUT2D eigenvalue weighted by molar-refractivity contribution is 5.89. The number of esters is 1. The van der Waals surface area contributed by atoms with Gasteiger partial charge in [0.1, 0.15) is 0 Å². The average molecular weight is 142 g/mol. The van der Waals surface area contributed by atoms with Crippen LogP contribution in [0.4, 0.5) is 0 Å². The molecule has 0 rings (SSSR count). The van der Waals surface area contributed by atoms with Crippen molar-refractivity contribution < 1.29 is 19.4 Å². The molecule has 0 aromatic rings. The largest absolute Gasteiger partial charge is 0.479 e. The van der Waals surface area contributed by atoms with Crippen LogP contribution >= 0.6 is 0 Å². The molecule has 0 aromatic heterocycles. The van der Waals surface area contributed by atoms with Crippen LogP contribution in [0.5, 0.6) is 0 Å². The molecule has 0 radical (unpaired) electrons. The Morgan fingerprint density at radius 3 is 2.60 bits per heavy atom. The molecule has 0 unspecified atom stereocenters. The quantitative estimate of drug-likeness (QED) is 0.325. The smallest absolute Gasteiger partial charge is 0.384 e. The molecule has 0 heterocycles. The van der Waals surface area contributed by atoms with Crippen molar-refractivity contribution in [3.63, 3.8) is 0 Å². The molecule has 0 fully saturated rings. The van der Waals surface area contributed by atoms with Crippen LogP contribution < -0.4 is 0 Å². The lowest BCUT2D eigenvalue weighted by molar-refractivity contribution is -0.151. The van der Waals surface area contributed by atoms with Crippen LogP contribution in [0.1, 0.15) is 6.92 Å². The normalized spacial score (nSPS) is 7.30. The van der Waals surface area contributed by atoms with Gasteiger partial charge in [0.25, 0.3) is 0 Å². The van der Waals surface area contributed by atoms with Gasteiger partial charge in [-0.1, -0.05) is 5.92 Å². The van der Waals surface area contributed by atoms with Gasteiger partial charge >= 0.3 is 11.9 Å². The predicted octanol–water partition coefficient (Wildman–Crippen LogP) is -0.363. The lowest BCUT2D eigenvalue weighted by Crippen LogP contribution is -2.11. The van der Waals surface area contributed by atoms with Crippen molar-refractivity contribution in [1.82, 2.24) is 0 Å². The van der Waals surface area contributed by atoms with Crippen molar-refractivity contribution in [2.75, 3.05) is 6.61 Å². The molecule has 54 valence electrons. The van der Waals surface area contributed by atoms with Gasteiger partial charge in [0.2, 0.25) is 0 Å². The molecule has 4 heteroatoms. The predicted molar refractivity (Wildman–Crippen MR) is 32.0 cm³/mol. The van der Waals surface area contributed by atoms with Gasteiger partial charge < -0.3 is 9.84 Å². The monoisotopic (exact) mass is 142 g/mol. The Bertz CT molecular complexity index is 196. The summed E-state index contributed by atoms with van der Waals surface area (Å²) in [7, 11) is 0. The minimum Gasteiger partial charge on any atom is -0.479 e. The fourth-order valence-electron chi connectivity index (χ4n) is 0.265. The van der Waals surface area contributed by atoms with Crippen molar-refractivity contribution in [1.29, 1.82) is 0 Å². The van der Waals surface area contributed by atoms with E-state index in [2.05, 4.69) is 10.7 Å². The highest BCUT2D eigenvalue weighted by atomic mass is 16.5. The zero-order valence-electron chi connectivity index (χ0n) is 5.38. The highest BCUT2D eigenvalue weighted by Crippen LogP contribution is 1.75. The Morgan fingerprint density at radius 2 is 2.20 bits per heavy atom. The van der Waals surface area contributed by atoms with E-state index in [0.717, 1.165) is 0 Å². The van der Waals surface area contributed by atoms with Gasteiger partial charge in [-0.25, -0.2) is 9.59 Å². The third kappa shape index (κ3) is 4.65. The van der Waals surface area contributed by atoms with Gasteiger partial charge in [0.15, 0.2) is 6.61 Å². The molecule has 0 amide bonds. The summed E-state index contributed by atoms with van der Waals surface area (Å²) in [5.74, 6) is 2.30. The molecule has 0 spiro atoms. The molecular formula is C6H6O4. The van der Waals surface area contributed by atoms with Gasteiger partial charge in [-0.05, 0) is 6.92 Å². The Morgan fingerprint density at radius 1 is 1.60 bits per heavy atom. The SMILES string of the molecule is CC#CC(=O)OCC(=O)O. The van der Waals surface area contributed by atoms with E-state index in [1.165, 1.54) is 6.92 Å². The fourth-order valence-corrected chi connectivity index (χ4v) is 0.265. The summed E-state index contributed by atoms with van der Waals surface area (Å²) in [5, 5.41) is 8.01. The van der Waals surface area contributed by atoms with Crippen LogP contribution in [0.3, 0.4) is 0 Å². The minimum atomic E-state index is -1.19. The van der Waals surface area contributed by atoms with Crippen LogP contribution in [0, 0.1) is 11.8 Å². The van der Waals surface area contributed by atoms with E-state index in [-0.39, 0.29) is 0 Å². The number of carbonyl (C=O) groups excluding carboxylic acids is 1. The summed E-state index contributed by atoms with van der Waals surface area (Å²) in [6.07, 6.45) is 0. The van der Waals surface area contributed by atoms with Crippen molar-refractivity contribution in [2.45, 2.75) is 6.92 Å². The molecule has 10 heavy (non-hydrogen) atoms. The summed E-state index contributed by atoms with van der Waals surface area (Å²) >= 11 is 0. The first-order valence-electron chi connectivity index (χ1n) is 2.48. The second kappa shape index (κ2) is 4.39. The summed E-state index contributed by atoms with van der Waals surface area (Å²) < 4.78 is 4.13. The van der Waals surface area contributed by atoms with Crippen LogP contribution in [-0.4, -0.2) is 23.7 Å². The maximum absolute atomic E-state index is 10.3. The first-order chi connectivity index (χ1) is 4.66. The van der Waals surface area contributed by atoms with Gasteiger partial charge in [-0.15, -0.1) is 0 Å². The zero-order valence-corrected chi connectivity index (χ0v) is 5.38. The standard InChI is InChI=1S/C6H6O4/c1-2-3-6(9)10-4-5(7)8/h4H2,1H3,(H,7,8). The van der Waals surface area contributed by atoms with E-state index >= 15 is 0 Å². The molecule has 0 aromatic carbocycles. The van der Waals surface area contributed by atoms with E-state index in [1.807, 2.05) is 5.92 Å². The number of ether oxygens (including phenoxy) is 1. The first kappa shape index (κ1) is 8.50. The maximum atomic E-state index is 10.3. The second-order valence-electron chi connectivity index (χ2n) is 1.34. The molecule has 0 bridgehead atoms.